The summed E-state index contributed by atoms with van der Waals surface area (Å²) < 4.78 is 25.3. The number of aliphatic hydroxyl groups is 1. The van der Waals surface area contributed by atoms with Crippen LogP contribution in [0, 0.1) is 5.82 Å². The van der Waals surface area contributed by atoms with Gasteiger partial charge < -0.3 is 13.9 Å². The molecule has 4 nitrogen and oxygen atoms in total. The van der Waals surface area contributed by atoms with E-state index in [1.807, 2.05) is 30.3 Å². The number of nitrogens with zero attached hydrogens (tertiary/aromatic N) is 1. The van der Waals surface area contributed by atoms with Gasteiger partial charge in [0.2, 0.25) is 0 Å². The van der Waals surface area contributed by atoms with Crippen LogP contribution in [0.4, 0.5) is 4.39 Å². The normalized spacial score (nSPS) is 11.7. The summed E-state index contributed by atoms with van der Waals surface area (Å²) >= 11 is 0. The van der Waals surface area contributed by atoms with Gasteiger partial charge >= 0.3 is 0 Å². The molecule has 1 aromatic carbocycles. The molecule has 0 saturated heterocycles. The predicted octanol–water partition coefficient (Wildman–Crippen LogP) is 6.33. The third-order valence-corrected chi connectivity index (χ3v) is 5.28. The quantitative estimate of drug-likeness (QED) is 0.326. The van der Waals surface area contributed by atoms with Crippen LogP contribution in [0.2, 0.25) is 0 Å². The molecule has 3 aromatic rings. The number of halogens is 1. The summed E-state index contributed by atoms with van der Waals surface area (Å²) in [6, 6.07) is 14.1. The largest absolute Gasteiger partial charge is 0.468 e. The Morgan fingerprint density at radius 2 is 1.68 bits per heavy atom. The molecule has 0 amide bonds. The summed E-state index contributed by atoms with van der Waals surface area (Å²) in [5.74, 6) is 1.84. The molecule has 0 spiro atoms. The molecule has 1 N–H and O–H groups in total. The molecule has 0 aliphatic rings. The Kier molecular flexibility index (Phi) is 8.04. The highest BCUT2D eigenvalue weighted by atomic mass is 19.1. The van der Waals surface area contributed by atoms with E-state index in [2.05, 4.69) is 18.1 Å². The van der Waals surface area contributed by atoms with Crippen LogP contribution in [0.25, 0.3) is 0 Å². The van der Waals surface area contributed by atoms with E-state index >= 15 is 0 Å². The van der Waals surface area contributed by atoms with Crippen LogP contribution in [-0.4, -0.2) is 10.0 Å². The number of furan rings is 2. The molecule has 0 radical (unpaired) electrons. The molecule has 0 unspecified atom stereocenters. The van der Waals surface area contributed by atoms with Crippen molar-refractivity contribution in [2.24, 2.45) is 0 Å². The van der Waals surface area contributed by atoms with Crippen molar-refractivity contribution in [2.45, 2.75) is 50.9 Å². The van der Waals surface area contributed by atoms with Crippen molar-refractivity contribution < 1.29 is 18.3 Å². The van der Waals surface area contributed by atoms with E-state index in [0.717, 1.165) is 17.1 Å². The average Bonchev–Trinajstić information content (AvgIpc) is 3.43. The molecular weight excluding hydrogens is 393 g/mol. The summed E-state index contributed by atoms with van der Waals surface area (Å²) in [7, 11) is 0. The Hall–Kier alpha value is -2.89. The zero-order valence-corrected chi connectivity index (χ0v) is 17.8. The third-order valence-electron chi connectivity index (χ3n) is 5.28. The van der Waals surface area contributed by atoms with Crippen molar-refractivity contribution in [1.29, 1.82) is 0 Å². The monoisotopic (exact) mass is 423 g/mol. The minimum atomic E-state index is -1.06. The van der Waals surface area contributed by atoms with Gasteiger partial charge in [-0.2, -0.15) is 0 Å². The summed E-state index contributed by atoms with van der Waals surface area (Å²) in [6.07, 6.45) is 7.69. The lowest BCUT2D eigenvalue weighted by atomic mass is 9.89. The van der Waals surface area contributed by atoms with Crippen LogP contribution in [0.15, 0.2) is 88.9 Å². The van der Waals surface area contributed by atoms with Gasteiger partial charge in [-0.1, -0.05) is 24.3 Å². The van der Waals surface area contributed by atoms with Crippen molar-refractivity contribution in [3.63, 3.8) is 0 Å². The fourth-order valence-corrected chi connectivity index (χ4v) is 3.67. The topological polar surface area (TPSA) is 49.8 Å². The molecule has 3 rings (SSSR count). The molecule has 0 fully saturated rings. The van der Waals surface area contributed by atoms with Gasteiger partial charge in [-0.25, -0.2) is 4.39 Å². The number of rotatable bonds is 13. The molecular formula is C26H30FNO3. The lowest BCUT2D eigenvalue weighted by molar-refractivity contribution is -0.00223. The lowest BCUT2D eigenvalue weighted by Crippen LogP contribution is -2.25. The second kappa shape index (κ2) is 10.9. The molecule has 0 bridgehead atoms. The first kappa shape index (κ1) is 22.8. The molecule has 5 heteroatoms. The maximum atomic E-state index is 13.7. The van der Waals surface area contributed by atoms with E-state index in [-0.39, 0.29) is 5.82 Å². The summed E-state index contributed by atoms with van der Waals surface area (Å²) in [5.41, 5.74) is -0.193. The zero-order valence-electron chi connectivity index (χ0n) is 17.8. The van der Waals surface area contributed by atoms with Crippen LogP contribution < -0.4 is 0 Å². The van der Waals surface area contributed by atoms with Crippen LogP contribution >= 0.6 is 0 Å². The first-order valence-corrected chi connectivity index (χ1v) is 10.5. The molecule has 31 heavy (non-hydrogen) atoms. The Morgan fingerprint density at radius 3 is 2.32 bits per heavy atom. The fourth-order valence-electron chi connectivity index (χ4n) is 3.67. The minimum Gasteiger partial charge on any atom is -0.468 e. The van der Waals surface area contributed by atoms with Crippen LogP contribution in [0.5, 0.6) is 0 Å². The highest BCUT2D eigenvalue weighted by Gasteiger charge is 2.31. The van der Waals surface area contributed by atoms with E-state index in [4.69, 9.17) is 8.83 Å². The lowest BCUT2D eigenvalue weighted by Gasteiger charge is -2.25. The Morgan fingerprint density at radius 1 is 0.935 bits per heavy atom. The van der Waals surface area contributed by atoms with Gasteiger partial charge in [0.25, 0.3) is 0 Å². The molecule has 0 atom stereocenters. The van der Waals surface area contributed by atoms with Crippen molar-refractivity contribution in [3.8, 4) is 0 Å². The van der Waals surface area contributed by atoms with E-state index < -0.39 is 5.60 Å². The second-order valence-electron chi connectivity index (χ2n) is 7.81. The van der Waals surface area contributed by atoms with Crippen molar-refractivity contribution in [3.05, 3.63) is 109 Å². The van der Waals surface area contributed by atoms with E-state index in [9.17, 15) is 9.50 Å². The Bertz CT molecular complexity index is 949. The van der Waals surface area contributed by atoms with E-state index in [0.29, 0.717) is 51.1 Å². The standard InChI is InChI=1S/C26H30FNO3/c1-3-5-14-26(29,15-6-4-2)25-13-12-24(31-25)20-28(19-23-11-8-16-30-23)18-21-9-7-10-22(27)17-21/h3-4,7-13,16-17,29H,1-2,5-6,14-15,18-20H2. The first-order valence-electron chi connectivity index (χ1n) is 10.5. The van der Waals surface area contributed by atoms with E-state index in [1.54, 1.807) is 24.5 Å². The van der Waals surface area contributed by atoms with Gasteiger partial charge in [0.05, 0.1) is 19.4 Å². The number of allylic oxidation sites excluding steroid dienone is 2. The van der Waals surface area contributed by atoms with Crippen molar-refractivity contribution >= 4 is 0 Å². The Balaban J connectivity index is 1.78. The first-order chi connectivity index (χ1) is 15.0. The number of hydrogen-bond acceptors (Lipinski definition) is 4. The molecule has 0 aliphatic heterocycles. The fraction of sp³-hybridized carbons (Fsp3) is 0.308. The maximum absolute atomic E-state index is 13.7. The van der Waals surface area contributed by atoms with Crippen LogP contribution in [-0.2, 0) is 25.2 Å². The zero-order chi connectivity index (χ0) is 22.1. The van der Waals surface area contributed by atoms with Crippen molar-refractivity contribution in [2.75, 3.05) is 0 Å². The van der Waals surface area contributed by atoms with Crippen LogP contribution in [0.1, 0.15) is 48.5 Å². The smallest absolute Gasteiger partial charge is 0.135 e. The Labute approximate surface area is 183 Å². The van der Waals surface area contributed by atoms with E-state index in [1.165, 1.54) is 12.1 Å². The predicted molar refractivity (Wildman–Crippen MR) is 120 cm³/mol. The second-order valence-corrected chi connectivity index (χ2v) is 7.81. The summed E-state index contributed by atoms with van der Waals surface area (Å²) in [5, 5.41) is 11.2. The highest BCUT2D eigenvalue weighted by molar-refractivity contribution is 5.18. The SMILES string of the molecule is C=CCCC(O)(CCC=C)c1ccc(CN(Cc2cccc(F)c2)Cc2ccco2)o1. The van der Waals surface area contributed by atoms with Gasteiger partial charge in [0, 0.05) is 6.54 Å². The third kappa shape index (κ3) is 6.54. The maximum Gasteiger partial charge on any atom is 0.135 e. The van der Waals surface area contributed by atoms with Gasteiger partial charge in [0.1, 0.15) is 28.7 Å². The van der Waals surface area contributed by atoms with Gasteiger partial charge in [-0.05, 0) is 67.6 Å². The molecule has 0 aliphatic carbocycles. The van der Waals surface area contributed by atoms with Gasteiger partial charge in [0.15, 0.2) is 0 Å². The van der Waals surface area contributed by atoms with Crippen molar-refractivity contribution in [1.82, 2.24) is 4.90 Å². The minimum absolute atomic E-state index is 0.259. The molecule has 2 heterocycles. The van der Waals surface area contributed by atoms with Gasteiger partial charge in [-0.15, -0.1) is 13.2 Å². The van der Waals surface area contributed by atoms with Gasteiger partial charge in [-0.3, -0.25) is 4.90 Å². The highest BCUT2D eigenvalue weighted by Crippen LogP contribution is 2.33. The summed E-state index contributed by atoms with van der Waals surface area (Å²) in [4.78, 5) is 2.11. The molecule has 0 saturated carbocycles. The summed E-state index contributed by atoms with van der Waals surface area (Å²) in [6.45, 7) is 9.10. The molecule has 164 valence electrons. The number of benzene rings is 1. The number of hydrogen-bond donors (Lipinski definition) is 1. The molecule has 2 aromatic heterocycles. The average molecular weight is 424 g/mol. The van der Waals surface area contributed by atoms with Crippen LogP contribution in [0.3, 0.4) is 0 Å².